The van der Waals surface area contributed by atoms with Crippen LogP contribution in [-0.4, -0.2) is 15.4 Å². The lowest BCUT2D eigenvalue weighted by molar-refractivity contribution is 0.138. The molecule has 4 heteroatoms. The number of nitrogens with one attached hydrogen (secondary N) is 1. The van der Waals surface area contributed by atoms with Gasteiger partial charge < -0.3 is 10.1 Å². The van der Waals surface area contributed by atoms with Crippen LogP contribution in [0.5, 0.6) is 5.75 Å². The Balaban J connectivity index is 1.66. The van der Waals surface area contributed by atoms with E-state index < -0.39 is 0 Å². The Hall–Kier alpha value is -1.97. The molecule has 1 aliphatic rings. The van der Waals surface area contributed by atoms with E-state index in [9.17, 15) is 0 Å². The summed E-state index contributed by atoms with van der Waals surface area (Å²) in [5, 5.41) is 7.76. The van der Waals surface area contributed by atoms with Crippen molar-refractivity contribution in [3.8, 4) is 5.75 Å². The fourth-order valence-corrected chi connectivity index (χ4v) is 2.69. The molecule has 1 aromatic carbocycles. The van der Waals surface area contributed by atoms with Crippen molar-refractivity contribution in [3.05, 3.63) is 41.7 Å². The first-order valence-corrected chi connectivity index (χ1v) is 7.52. The second kappa shape index (κ2) is 5.10. The van der Waals surface area contributed by atoms with Crippen molar-refractivity contribution in [2.75, 3.05) is 5.32 Å². The number of fused-ring (bicyclic) bond motifs is 1. The summed E-state index contributed by atoms with van der Waals surface area (Å²) in [5.74, 6) is 1.02. The van der Waals surface area contributed by atoms with Gasteiger partial charge in [0.15, 0.2) is 0 Å². The van der Waals surface area contributed by atoms with E-state index >= 15 is 0 Å². The monoisotopic (exact) mass is 285 g/mol. The van der Waals surface area contributed by atoms with Crippen molar-refractivity contribution in [1.82, 2.24) is 9.78 Å². The molecule has 0 aliphatic carbocycles. The van der Waals surface area contributed by atoms with Crippen LogP contribution in [0.3, 0.4) is 0 Å². The fourth-order valence-electron chi connectivity index (χ4n) is 2.69. The van der Waals surface area contributed by atoms with E-state index in [1.807, 2.05) is 17.1 Å². The molecule has 2 heterocycles. The zero-order valence-electron chi connectivity index (χ0n) is 13.2. The quantitative estimate of drug-likeness (QED) is 0.929. The minimum atomic E-state index is -0.0766. The first-order chi connectivity index (χ1) is 9.93. The normalized spacial score (nSPS) is 15.9. The number of benzene rings is 1. The topological polar surface area (TPSA) is 39.1 Å². The van der Waals surface area contributed by atoms with E-state index in [4.69, 9.17) is 4.74 Å². The Morgan fingerprint density at radius 3 is 2.90 bits per heavy atom. The van der Waals surface area contributed by atoms with Gasteiger partial charge in [0.1, 0.15) is 11.4 Å². The average Bonchev–Trinajstić information content (AvgIpc) is 2.98. The molecule has 0 unspecified atom stereocenters. The number of anilines is 1. The van der Waals surface area contributed by atoms with Gasteiger partial charge in [0.05, 0.1) is 11.9 Å². The van der Waals surface area contributed by atoms with Gasteiger partial charge in [-0.2, -0.15) is 5.10 Å². The molecule has 0 bridgehead atoms. The van der Waals surface area contributed by atoms with Crippen molar-refractivity contribution in [3.63, 3.8) is 0 Å². The molecular weight excluding hydrogens is 262 g/mol. The molecule has 21 heavy (non-hydrogen) atoms. The van der Waals surface area contributed by atoms with Gasteiger partial charge in [-0.1, -0.05) is 12.1 Å². The van der Waals surface area contributed by atoms with Crippen LogP contribution >= 0.6 is 0 Å². The first-order valence-electron chi connectivity index (χ1n) is 7.52. The van der Waals surface area contributed by atoms with Gasteiger partial charge in [-0.25, -0.2) is 0 Å². The maximum Gasteiger partial charge on any atom is 0.123 e. The zero-order chi connectivity index (χ0) is 15.0. The SMILES string of the molecule is CC(C)n1cc(NCc2ccc3c(c2)CC(C)(C)O3)cn1. The van der Waals surface area contributed by atoms with Crippen LogP contribution in [0.2, 0.25) is 0 Å². The predicted molar refractivity (Wildman–Crippen MR) is 84.8 cm³/mol. The second-order valence-corrected chi connectivity index (χ2v) is 6.64. The molecule has 0 radical (unpaired) electrons. The van der Waals surface area contributed by atoms with Gasteiger partial charge in [0, 0.05) is 25.2 Å². The number of nitrogens with zero attached hydrogens (tertiary/aromatic N) is 2. The third-order valence-corrected chi connectivity index (χ3v) is 3.75. The predicted octanol–water partition coefficient (Wildman–Crippen LogP) is 3.79. The van der Waals surface area contributed by atoms with Crippen molar-refractivity contribution in [2.24, 2.45) is 0 Å². The van der Waals surface area contributed by atoms with Crippen LogP contribution in [0, 0.1) is 0 Å². The molecule has 3 rings (SSSR count). The molecule has 0 saturated carbocycles. The van der Waals surface area contributed by atoms with Crippen molar-refractivity contribution < 1.29 is 4.74 Å². The van der Waals surface area contributed by atoms with Crippen LogP contribution in [0.4, 0.5) is 5.69 Å². The number of hydrogen-bond acceptors (Lipinski definition) is 3. The van der Waals surface area contributed by atoms with Crippen LogP contribution in [0.1, 0.15) is 44.9 Å². The molecule has 2 aromatic rings. The smallest absolute Gasteiger partial charge is 0.123 e. The van der Waals surface area contributed by atoms with E-state index in [-0.39, 0.29) is 5.60 Å². The number of hydrogen-bond donors (Lipinski definition) is 1. The lowest BCUT2D eigenvalue weighted by Gasteiger charge is -2.16. The second-order valence-electron chi connectivity index (χ2n) is 6.64. The average molecular weight is 285 g/mol. The Morgan fingerprint density at radius 1 is 1.38 bits per heavy atom. The van der Waals surface area contributed by atoms with Crippen LogP contribution < -0.4 is 10.1 Å². The summed E-state index contributed by atoms with van der Waals surface area (Å²) in [6.45, 7) is 9.31. The Labute approximate surface area is 126 Å². The fraction of sp³-hybridized carbons (Fsp3) is 0.471. The van der Waals surface area contributed by atoms with E-state index in [2.05, 4.69) is 56.3 Å². The Bertz CT molecular complexity index is 643. The van der Waals surface area contributed by atoms with Gasteiger partial charge in [-0.3, -0.25) is 4.68 Å². The zero-order valence-corrected chi connectivity index (χ0v) is 13.2. The summed E-state index contributed by atoms with van der Waals surface area (Å²) in [5.41, 5.74) is 3.55. The van der Waals surface area contributed by atoms with E-state index in [1.165, 1.54) is 11.1 Å². The van der Waals surface area contributed by atoms with Gasteiger partial charge in [0.25, 0.3) is 0 Å². The Morgan fingerprint density at radius 2 is 2.19 bits per heavy atom. The molecule has 1 aromatic heterocycles. The lowest BCUT2D eigenvalue weighted by Crippen LogP contribution is -2.24. The largest absolute Gasteiger partial charge is 0.487 e. The Kier molecular flexibility index (Phi) is 3.40. The summed E-state index contributed by atoms with van der Waals surface area (Å²) in [6.07, 6.45) is 4.89. The third-order valence-electron chi connectivity index (χ3n) is 3.75. The minimum absolute atomic E-state index is 0.0766. The maximum atomic E-state index is 5.91. The highest BCUT2D eigenvalue weighted by Gasteiger charge is 2.29. The van der Waals surface area contributed by atoms with Crippen LogP contribution in [0.15, 0.2) is 30.6 Å². The highest BCUT2D eigenvalue weighted by molar-refractivity contribution is 5.44. The van der Waals surface area contributed by atoms with Crippen LogP contribution in [-0.2, 0) is 13.0 Å². The van der Waals surface area contributed by atoms with Gasteiger partial charge in [-0.15, -0.1) is 0 Å². The van der Waals surface area contributed by atoms with E-state index in [0.717, 1.165) is 24.4 Å². The molecule has 0 spiro atoms. The maximum absolute atomic E-state index is 5.91. The first kappa shape index (κ1) is 14.0. The molecule has 1 aliphatic heterocycles. The summed E-state index contributed by atoms with van der Waals surface area (Å²) in [6, 6.07) is 6.84. The summed E-state index contributed by atoms with van der Waals surface area (Å²) >= 11 is 0. The van der Waals surface area contributed by atoms with Gasteiger partial charge in [-0.05, 0) is 44.9 Å². The summed E-state index contributed by atoms with van der Waals surface area (Å²) in [4.78, 5) is 0. The molecule has 0 saturated heterocycles. The molecule has 0 fully saturated rings. The number of aromatic nitrogens is 2. The van der Waals surface area contributed by atoms with E-state index in [1.54, 1.807) is 0 Å². The van der Waals surface area contributed by atoms with Gasteiger partial charge >= 0.3 is 0 Å². The molecular formula is C17H23N3O. The molecule has 0 atom stereocenters. The highest BCUT2D eigenvalue weighted by Crippen LogP contribution is 2.35. The number of ether oxygens (including phenoxy) is 1. The van der Waals surface area contributed by atoms with Crippen LogP contribution in [0.25, 0.3) is 0 Å². The summed E-state index contributed by atoms with van der Waals surface area (Å²) in [7, 11) is 0. The van der Waals surface area contributed by atoms with Crippen molar-refractivity contribution >= 4 is 5.69 Å². The van der Waals surface area contributed by atoms with Gasteiger partial charge in [0.2, 0.25) is 0 Å². The molecule has 0 amide bonds. The van der Waals surface area contributed by atoms with E-state index in [0.29, 0.717) is 6.04 Å². The van der Waals surface area contributed by atoms with Crippen molar-refractivity contribution in [2.45, 2.75) is 52.3 Å². The summed E-state index contributed by atoms with van der Waals surface area (Å²) < 4.78 is 7.87. The highest BCUT2D eigenvalue weighted by atomic mass is 16.5. The third kappa shape index (κ3) is 3.04. The molecule has 4 nitrogen and oxygen atoms in total. The molecule has 1 N–H and O–H groups in total. The molecule has 112 valence electrons. The lowest BCUT2D eigenvalue weighted by atomic mass is 10.0. The standard InChI is InChI=1S/C17H23N3O/c1-12(2)20-11-15(10-19-20)18-9-13-5-6-16-14(7-13)8-17(3,4)21-16/h5-7,10-12,18H,8-9H2,1-4H3. The number of rotatable bonds is 4. The minimum Gasteiger partial charge on any atom is -0.487 e. The van der Waals surface area contributed by atoms with Crippen molar-refractivity contribution in [1.29, 1.82) is 0 Å².